The summed E-state index contributed by atoms with van der Waals surface area (Å²) in [6, 6.07) is 17.1. The van der Waals surface area contributed by atoms with Crippen LogP contribution >= 0.6 is 0 Å². The minimum atomic E-state index is -0.643. The zero-order chi connectivity index (χ0) is 23.6. The maximum Gasteiger partial charge on any atom is 0.340 e. The van der Waals surface area contributed by atoms with Gasteiger partial charge in [-0.15, -0.1) is 0 Å². The average Bonchev–Trinajstić information content (AvgIpc) is 3.34. The third-order valence-electron chi connectivity index (χ3n) is 4.63. The van der Waals surface area contributed by atoms with Gasteiger partial charge in [-0.25, -0.2) is 4.79 Å². The fourth-order valence-electron chi connectivity index (χ4n) is 2.99. The van der Waals surface area contributed by atoms with Crippen LogP contribution in [0.25, 0.3) is 0 Å². The second-order valence-electron chi connectivity index (χ2n) is 7.75. The van der Waals surface area contributed by atoms with Crippen LogP contribution in [0.5, 0.6) is 0 Å². The molecule has 3 aromatic rings. The first-order chi connectivity index (χ1) is 15.9. The van der Waals surface area contributed by atoms with Crippen molar-refractivity contribution in [2.75, 3.05) is 23.8 Å². The Morgan fingerprint density at radius 1 is 0.909 bits per heavy atom. The van der Waals surface area contributed by atoms with Gasteiger partial charge in [0.05, 0.1) is 29.6 Å². The number of para-hydroxylation sites is 2. The van der Waals surface area contributed by atoms with E-state index in [0.29, 0.717) is 47.3 Å². The Morgan fingerprint density at radius 3 is 2.30 bits per heavy atom. The van der Waals surface area contributed by atoms with Crippen molar-refractivity contribution in [2.24, 2.45) is 5.92 Å². The Balaban J connectivity index is 1.58. The summed E-state index contributed by atoms with van der Waals surface area (Å²) in [5.41, 5.74) is 1.54. The van der Waals surface area contributed by atoms with Crippen LogP contribution in [-0.2, 0) is 16.1 Å². The normalized spacial score (nSPS) is 10.5. The molecule has 0 saturated heterocycles. The molecule has 0 aliphatic carbocycles. The molecule has 0 fully saturated rings. The summed E-state index contributed by atoms with van der Waals surface area (Å²) in [5, 5.41) is 8.59. The number of nitrogens with one attached hydrogen (secondary N) is 3. The van der Waals surface area contributed by atoms with Crippen LogP contribution in [0.15, 0.2) is 71.3 Å². The summed E-state index contributed by atoms with van der Waals surface area (Å²) in [4.78, 5) is 37.4. The third kappa shape index (κ3) is 6.96. The molecule has 8 nitrogen and oxygen atoms in total. The molecule has 0 spiro atoms. The molecule has 0 radical (unpaired) electrons. The van der Waals surface area contributed by atoms with Gasteiger partial charge in [-0.05, 0) is 42.3 Å². The van der Waals surface area contributed by atoms with Crippen molar-refractivity contribution in [3.63, 3.8) is 0 Å². The fraction of sp³-hybridized carbons (Fsp3) is 0.240. The molecule has 3 rings (SSSR count). The SMILES string of the molecule is CC(C)CNC(=O)c1ccccc1NC(=O)COC(=O)c1ccccc1NCc1ccco1. The first kappa shape index (κ1) is 23.6. The molecule has 0 bridgehead atoms. The predicted octanol–water partition coefficient (Wildman–Crippen LogP) is 4.07. The molecule has 0 unspecified atom stereocenters. The zero-order valence-electron chi connectivity index (χ0n) is 18.6. The minimum absolute atomic E-state index is 0.284. The summed E-state index contributed by atoms with van der Waals surface area (Å²) in [5.74, 6) is -0.461. The van der Waals surface area contributed by atoms with E-state index in [9.17, 15) is 14.4 Å². The van der Waals surface area contributed by atoms with Crippen LogP contribution in [0, 0.1) is 5.92 Å². The maximum atomic E-state index is 12.6. The number of hydrogen-bond donors (Lipinski definition) is 3. The summed E-state index contributed by atoms with van der Waals surface area (Å²) in [6.07, 6.45) is 1.57. The summed E-state index contributed by atoms with van der Waals surface area (Å²) in [6.45, 7) is 4.41. The average molecular weight is 450 g/mol. The van der Waals surface area contributed by atoms with E-state index in [2.05, 4.69) is 16.0 Å². The summed E-state index contributed by atoms with van der Waals surface area (Å²) < 4.78 is 10.5. The van der Waals surface area contributed by atoms with Crippen molar-refractivity contribution in [2.45, 2.75) is 20.4 Å². The number of anilines is 2. The number of amides is 2. The quantitative estimate of drug-likeness (QED) is 0.403. The first-order valence-corrected chi connectivity index (χ1v) is 10.6. The summed E-state index contributed by atoms with van der Waals surface area (Å²) >= 11 is 0. The van der Waals surface area contributed by atoms with Crippen molar-refractivity contribution in [3.8, 4) is 0 Å². The minimum Gasteiger partial charge on any atom is -0.467 e. The summed E-state index contributed by atoms with van der Waals surface area (Å²) in [7, 11) is 0. The molecular weight excluding hydrogens is 422 g/mol. The van der Waals surface area contributed by atoms with Gasteiger partial charge in [0, 0.05) is 12.2 Å². The van der Waals surface area contributed by atoms with E-state index in [0.717, 1.165) is 0 Å². The van der Waals surface area contributed by atoms with Crippen LogP contribution < -0.4 is 16.0 Å². The maximum absolute atomic E-state index is 12.6. The van der Waals surface area contributed by atoms with E-state index in [1.807, 2.05) is 19.9 Å². The lowest BCUT2D eigenvalue weighted by atomic mass is 10.1. The Bertz CT molecular complexity index is 1090. The van der Waals surface area contributed by atoms with Crippen molar-refractivity contribution in [1.82, 2.24) is 5.32 Å². The van der Waals surface area contributed by atoms with E-state index in [-0.39, 0.29) is 5.91 Å². The number of ether oxygens (including phenoxy) is 1. The van der Waals surface area contributed by atoms with Gasteiger partial charge in [0.2, 0.25) is 0 Å². The van der Waals surface area contributed by atoms with Gasteiger partial charge in [-0.2, -0.15) is 0 Å². The molecule has 8 heteroatoms. The zero-order valence-corrected chi connectivity index (χ0v) is 18.6. The monoisotopic (exact) mass is 449 g/mol. The van der Waals surface area contributed by atoms with Crippen molar-refractivity contribution in [1.29, 1.82) is 0 Å². The van der Waals surface area contributed by atoms with E-state index >= 15 is 0 Å². The van der Waals surface area contributed by atoms with Crippen LogP contribution in [0.1, 0.15) is 40.3 Å². The molecule has 1 aromatic heterocycles. The largest absolute Gasteiger partial charge is 0.467 e. The molecule has 3 N–H and O–H groups in total. The van der Waals surface area contributed by atoms with Gasteiger partial charge in [-0.1, -0.05) is 38.1 Å². The molecule has 33 heavy (non-hydrogen) atoms. The number of carbonyl (C=O) groups is 3. The Morgan fingerprint density at radius 2 is 1.61 bits per heavy atom. The van der Waals surface area contributed by atoms with Gasteiger partial charge < -0.3 is 25.1 Å². The highest BCUT2D eigenvalue weighted by Gasteiger charge is 2.17. The molecule has 2 aromatic carbocycles. The molecule has 1 heterocycles. The molecular formula is C25H27N3O5. The lowest BCUT2D eigenvalue weighted by Crippen LogP contribution is -2.29. The Hall–Kier alpha value is -4.07. The number of esters is 1. The second-order valence-corrected chi connectivity index (χ2v) is 7.75. The lowest BCUT2D eigenvalue weighted by Gasteiger charge is -2.13. The highest BCUT2D eigenvalue weighted by atomic mass is 16.5. The first-order valence-electron chi connectivity index (χ1n) is 10.6. The third-order valence-corrected chi connectivity index (χ3v) is 4.63. The predicted molar refractivity (Wildman–Crippen MR) is 125 cm³/mol. The van der Waals surface area contributed by atoms with E-state index in [1.54, 1.807) is 60.9 Å². The highest BCUT2D eigenvalue weighted by molar-refractivity contribution is 6.04. The number of furan rings is 1. The topological polar surface area (TPSA) is 110 Å². The number of benzene rings is 2. The van der Waals surface area contributed by atoms with Crippen LogP contribution in [0.2, 0.25) is 0 Å². The Labute approximate surface area is 192 Å². The van der Waals surface area contributed by atoms with E-state index < -0.39 is 18.5 Å². The number of hydrogen-bond acceptors (Lipinski definition) is 6. The molecule has 0 aliphatic rings. The molecule has 0 atom stereocenters. The van der Waals surface area contributed by atoms with E-state index in [4.69, 9.17) is 9.15 Å². The smallest absolute Gasteiger partial charge is 0.340 e. The number of rotatable bonds is 10. The second kappa shape index (κ2) is 11.5. The van der Waals surface area contributed by atoms with Gasteiger partial charge in [0.25, 0.3) is 11.8 Å². The highest BCUT2D eigenvalue weighted by Crippen LogP contribution is 2.18. The van der Waals surface area contributed by atoms with Crippen LogP contribution in [-0.4, -0.2) is 30.9 Å². The molecule has 0 saturated carbocycles. The molecule has 0 aliphatic heterocycles. The van der Waals surface area contributed by atoms with Crippen molar-refractivity contribution >= 4 is 29.2 Å². The molecule has 172 valence electrons. The van der Waals surface area contributed by atoms with Gasteiger partial charge in [0.1, 0.15) is 5.76 Å². The van der Waals surface area contributed by atoms with Crippen molar-refractivity contribution < 1.29 is 23.5 Å². The Kier molecular flexibility index (Phi) is 8.24. The molecule has 2 amide bonds. The van der Waals surface area contributed by atoms with Gasteiger partial charge in [-0.3, -0.25) is 9.59 Å². The lowest BCUT2D eigenvalue weighted by molar-refractivity contribution is -0.119. The van der Waals surface area contributed by atoms with Crippen LogP contribution in [0.4, 0.5) is 11.4 Å². The van der Waals surface area contributed by atoms with Gasteiger partial charge >= 0.3 is 5.97 Å². The van der Waals surface area contributed by atoms with Crippen molar-refractivity contribution in [3.05, 3.63) is 83.8 Å². The number of carbonyl (C=O) groups excluding carboxylic acids is 3. The van der Waals surface area contributed by atoms with Crippen LogP contribution in [0.3, 0.4) is 0 Å². The standard InChI is InChI=1S/C25H27N3O5/c1-17(2)14-27-24(30)19-9-3-6-12-22(19)28-23(29)16-33-25(31)20-10-4-5-11-21(20)26-15-18-8-7-13-32-18/h3-13,17,26H,14-16H2,1-2H3,(H,27,30)(H,28,29). The fourth-order valence-corrected chi connectivity index (χ4v) is 2.99. The van der Waals surface area contributed by atoms with Gasteiger partial charge in [0.15, 0.2) is 6.61 Å². The van der Waals surface area contributed by atoms with E-state index in [1.165, 1.54) is 0 Å².